The Morgan fingerprint density at radius 3 is 2.58 bits per heavy atom. The zero-order valence-corrected chi connectivity index (χ0v) is 13.2. The third-order valence-corrected chi connectivity index (χ3v) is 3.30. The summed E-state index contributed by atoms with van der Waals surface area (Å²) in [6, 6.07) is 4.87. The molecule has 3 heteroatoms. The predicted molar refractivity (Wildman–Crippen MR) is 83.7 cm³/mol. The summed E-state index contributed by atoms with van der Waals surface area (Å²) in [7, 11) is 1.98. The van der Waals surface area contributed by atoms with Crippen molar-refractivity contribution in [1.29, 1.82) is 0 Å². The molecule has 0 radical (unpaired) electrons. The molecule has 0 aliphatic heterocycles. The highest BCUT2D eigenvalue weighted by atomic mass is 15.2. The highest BCUT2D eigenvalue weighted by molar-refractivity contribution is 5.43. The topological polar surface area (TPSA) is 28.2 Å². The van der Waals surface area contributed by atoms with Gasteiger partial charge < -0.3 is 10.2 Å². The third-order valence-electron chi connectivity index (χ3n) is 3.30. The lowest BCUT2D eigenvalue weighted by Crippen LogP contribution is -2.32. The molecule has 0 fully saturated rings. The second kappa shape index (κ2) is 8.16. The molecule has 0 aliphatic carbocycles. The molecule has 1 rings (SSSR count). The van der Waals surface area contributed by atoms with Crippen LogP contribution in [0.2, 0.25) is 0 Å². The summed E-state index contributed by atoms with van der Waals surface area (Å²) in [6.07, 6.45) is 3.79. The van der Waals surface area contributed by atoms with Gasteiger partial charge in [0.15, 0.2) is 0 Å². The number of pyridine rings is 1. The lowest BCUT2D eigenvalue weighted by molar-refractivity contribution is 0.618. The Hall–Kier alpha value is -1.09. The highest BCUT2D eigenvalue weighted by Crippen LogP contribution is 2.18. The lowest BCUT2D eigenvalue weighted by Gasteiger charge is -2.28. The molecule has 1 aromatic heterocycles. The monoisotopic (exact) mass is 263 g/mol. The van der Waals surface area contributed by atoms with E-state index in [9.17, 15) is 0 Å². The summed E-state index contributed by atoms with van der Waals surface area (Å²) in [5, 5.41) is 3.21. The van der Waals surface area contributed by atoms with Gasteiger partial charge in [-0.05, 0) is 51.9 Å². The number of hydrogen-bond donors (Lipinski definition) is 1. The van der Waals surface area contributed by atoms with E-state index in [-0.39, 0.29) is 0 Å². The lowest BCUT2D eigenvalue weighted by atomic mass is 10.2. The average Bonchev–Trinajstić information content (AvgIpc) is 2.33. The Morgan fingerprint density at radius 1 is 1.26 bits per heavy atom. The number of hydrogen-bond acceptors (Lipinski definition) is 3. The van der Waals surface area contributed by atoms with Crippen molar-refractivity contribution in [2.75, 3.05) is 18.5 Å². The zero-order chi connectivity index (χ0) is 14.3. The van der Waals surface area contributed by atoms with Crippen molar-refractivity contribution in [1.82, 2.24) is 10.3 Å². The predicted octanol–water partition coefficient (Wildman–Crippen LogP) is 3.51. The van der Waals surface area contributed by atoms with Crippen molar-refractivity contribution in [2.45, 2.75) is 59.5 Å². The first-order valence-electron chi connectivity index (χ1n) is 7.47. The summed E-state index contributed by atoms with van der Waals surface area (Å²) >= 11 is 0. The number of aryl methyl sites for hydroxylation is 1. The smallest absolute Gasteiger partial charge is 0.129 e. The maximum absolute atomic E-state index is 4.71. The first-order chi connectivity index (χ1) is 9.08. The van der Waals surface area contributed by atoms with Gasteiger partial charge in [-0.1, -0.05) is 19.8 Å². The summed E-state index contributed by atoms with van der Waals surface area (Å²) in [5.74, 6) is 1.12. The van der Waals surface area contributed by atoms with Crippen LogP contribution in [-0.4, -0.2) is 24.6 Å². The first-order valence-corrected chi connectivity index (χ1v) is 7.47. The minimum Gasteiger partial charge on any atom is -0.354 e. The average molecular weight is 263 g/mol. The molecule has 1 heterocycles. The van der Waals surface area contributed by atoms with Gasteiger partial charge in [-0.2, -0.15) is 0 Å². The van der Waals surface area contributed by atoms with Gasteiger partial charge in [0.05, 0.1) is 0 Å². The summed E-state index contributed by atoms with van der Waals surface area (Å²) < 4.78 is 0. The molecule has 0 saturated carbocycles. The summed E-state index contributed by atoms with van der Waals surface area (Å²) in [4.78, 5) is 7.13. The molecular formula is C16H29N3. The molecule has 1 aromatic rings. The molecule has 19 heavy (non-hydrogen) atoms. The van der Waals surface area contributed by atoms with Gasteiger partial charge in [-0.25, -0.2) is 4.98 Å². The second-order valence-electron chi connectivity index (χ2n) is 5.50. The molecule has 0 spiro atoms. The van der Waals surface area contributed by atoms with Crippen molar-refractivity contribution < 1.29 is 0 Å². The zero-order valence-electron chi connectivity index (χ0n) is 13.2. The third kappa shape index (κ3) is 5.19. The van der Waals surface area contributed by atoms with Crippen molar-refractivity contribution in [3.63, 3.8) is 0 Å². The molecule has 3 nitrogen and oxygen atoms in total. The Balaban J connectivity index is 2.88. The van der Waals surface area contributed by atoms with Crippen molar-refractivity contribution in [3.05, 3.63) is 23.4 Å². The molecular weight excluding hydrogens is 234 g/mol. The molecule has 0 bridgehead atoms. The SMILES string of the molecule is CCCCCN(c1cc(CNC)cc(C)n1)C(C)C. The van der Waals surface area contributed by atoms with Crippen molar-refractivity contribution >= 4 is 5.82 Å². The molecule has 0 saturated heterocycles. The first kappa shape index (κ1) is 16.0. The molecule has 0 unspecified atom stereocenters. The number of anilines is 1. The number of rotatable bonds is 8. The largest absolute Gasteiger partial charge is 0.354 e. The van der Waals surface area contributed by atoms with E-state index in [2.05, 4.69) is 50.0 Å². The fourth-order valence-corrected chi connectivity index (χ4v) is 2.34. The van der Waals surface area contributed by atoms with Crippen LogP contribution in [0.3, 0.4) is 0 Å². The minimum atomic E-state index is 0.494. The van der Waals surface area contributed by atoms with E-state index in [4.69, 9.17) is 4.98 Å². The number of unbranched alkanes of at least 4 members (excludes halogenated alkanes) is 2. The minimum absolute atomic E-state index is 0.494. The summed E-state index contributed by atoms with van der Waals surface area (Å²) in [5.41, 5.74) is 2.41. The van der Waals surface area contributed by atoms with Gasteiger partial charge in [0.1, 0.15) is 5.82 Å². The van der Waals surface area contributed by atoms with E-state index in [0.717, 1.165) is 24.6 Å². The molecule has 0 atom stereocenters. The molecule has 1 N–H and O–H groups in total. The highest BCUT2D eigenvalue weighted by Gasteiger charge is 2.12. The van der Waals surface area contributed by atoms with Crippen LogP contribution in [0.5, 0.6) is 0 Å². The number of nitrogens with zero attached hydrogens (tertiary/aromatic N) is 2. The van der Waals surface area contributed by atoms with Crippen LogP contribution in [0.15, 0.2) is 12.1 Å². The molecule has 0 aliphatic rings. The van der Waals surface area contributed by atoms with Crippen LogP contribution in [0.4, 0.5) is 5.82 Å². The Kier molecular flexibility index (Phi) is 6.85. The van der Waals surface area contributed by atoms with E-state index in [1.807, 2.05) is 7.05 Å². The number of aromatic nitrogens is 1. The molecule has 108 valence electrons. The van der Waals surface area contributed by atoms with Gasteiger partial charge in [0.25, 0.3) is 0 Å². The van der Waals surface area contributed by atoms with Crippen LogP contribution >= 0.6 is 0 Å². The Morgan fingerprint density at radius 2 is 2.00 bits per heavy atom. The maximum Gasteiger partial charge on any atom is 0.129 e. The van der Waals surface area contributed by atoms with E-state index < -0.39 is 0 Å². The van der Waals surface area contributed by atoms with Gasteiger partial charge in [0, 0.05) is 24.8 Å². The fourth-order valence-electron chi connectivity index (χ4n) is 2.34. The van der Waals surface area contributed by atoms with Crippen LogP contribution < -0.4 is 10.2 Å². The van der Waals surface area contributed by atoms with E-state index >= 15 is 0 Å². The Labute approximate surface area is 118 Å². The van der Waals surface area contributed by atoms with E-state index in [1.54, 1.807) is 0 Å². The van der Waals surface area contributed by atoms with Crippen LogP contribution in [0, 0.1) is 6.92 Å². The van der Waals surface area contributed by atoms with Crippen LogP contribution in [0.25, 0.3) is 0 Å². The fraction of sp³-hybridized carbons (Fsp3) is 0.688. The normalized spacial score (nSPS) is 11.1. The van der Waals surface area contributed by atoms with Gasteiger partial charge in [-0.15, -0.1) is 0 Å². The Bertz CT molecular complexity index is 374. The second-order valence-corrected chi connectivity index (χ2v) is 5.50. The quantitative estimate of drug-likeness (QED) is 0.727. The number of nitrogens with one attached hydrogen (secondary N) is 1. The van der Waals surface area contributed by atoms with Gasteiger partial charge in [0.2, 0.25) is 0 Å². The standard InChI is InChI=1S/C16H29N3/c1-6-7-8-9-19(13(2)3)16-11-15(12-17-5)10-14(4)18-16/h10-11,13,17H,6-9,12H2,1-5H3. The van der Waals surface area contributed by atoms with Gasteiger partial charge >= 0.3 is 0 Å². The summed E-state index contributed by atoms with van der Waals surface area (Å²) in [6.45, 7) is 10.8. The van der Waals surface area contributed by atoms with Crippen molar-refractivity contribution in [2.24, 2.45) is 0 Å². The van der Waals surface area contributed by atoms with Gasteiger partial charge in [-0.3, -0.25) is 0 Å². The van der Waals surface area contributed by atoms with Crippen molar-refractivity contribution in [3.8, 4) is 0 Å². The molecule has 0 aromatic carbocycles. The van der Waals surface area contributed by atoms with E-state index in [0.29, 0.717) is 6.04 Å². The molecule has 0 amide bonds. The maximum atomic E-state index is 4.71. The van der Waals surface area contributed by atoms with E-state index in [1.165, 1.54) is 24.8 Å². The van der Waals surface area contributed by atoms with Crippen LogP contribution in [0.1, 0.15) is 51.3 Å². The van der Waals surface area contributed by atoms with Crippen LogP contribution in [-0.2, 0) is 6.54 Å².